The van der Waals surface area contributed by atoms with Crippen molar-refractivity contribution in [3.63, 3.8) is 0 Å². The number of phenolic OH excluding ortho intramolecular Hbond substituents is 1. The molecule has 0 aliphatic rings. The predicted molar refractivity (Wildman–Crippen MR) is 101 cm³/mol. The lowest BCUT2D eigenvalue weighted by atomic mass is 10.1. The Hall–Kier alpha value is -2.62. The number of nitrogens with zero attached hydrogens (tertiary/aromatic N) is 1. The third-order valence-electron chi connectivity index (χ3n) is 3.89. The summed E-state index contributed by atoms with van der Waals surface area (Å²) in [6.45, 7) is 4.34. The summed E-state index contributed by atoms with van der Waals surface area (Å²) in [5.41, 5.74) is 1.73. The molecule has 2 aromatic carbocycles. The number of rotatable bonds is 9. The molecule has 0 fully saturated rings. The average Bonchev–Trinajstić information content (AvgIpc) is 2.61. The number of hydrogen-bond acceptors (Lipinski definition) is 4. The van der Waals surface area contributed by atoms with Crippen molar-refractivity contribution in [3.8, 4) is 11.5 Å². The van der Waals surface area contributed by atoms with E-state index in [-0.39, 0.29) is 11.5 Å². The van der Waals surface area contributed by atoms with E-state index in [1.165, 1.54) is 19.8 Å². The second kappa shape index (κ2) is 9.62. The zero-order valence-corrected chi connectivity index (χ0v) is 14.9. The number of carbonyl (C=O) groups excluding carboxylic acids is 1. The highest BCUT2D eigenvalue weighted by atomic mass is 16.5. The van der Waals surface area contributed by atoms with E-state index in [9.17, 15) is 9.90 Å². The minimum Gasteiger partial charge on any atom is -0.507 e. The lowest BCUT2D eigenvalue weighted by molar-refractivity contribution is 0.101. The van der Waals surface area contributed by atoms with Gasteiger partial charge >= 0.3 is 0 Å². The van der Waals surface area contributed by atoms with Crippen molar-refractivity contribution in [3.05, 3.63) is 53.6 Å². The summed E-state index contributed by atoms with van der Waals surface area (Å²) in [6, 6.07) is 12.3. The Morgan fingerprint density at radius 3 is 2.68 bits per heavy atom. The van der Waals surface area contributed by atoms with Crippen molar-refractivity contribution in [2.45, 2.75) is 39.5 Å². The van der Waals surface area contributed by atoms with Crippen molar-refractivity contribution in [1.82, 2.24) is 0 Å². The first-order valence-electron chi connectivity index (χ1n) is 8.71. The van der Waals surface area contributed by atoms with Gasteiger partial charge in [0, 0.05) is 23.4 Å². The smallest absolute Gasteiger partial charge is 0.161 e. The molecule has 0 unspecified atom stereocenters. The van der Waals surface area contributed by atoms with Crippen LogP contribution in [-0.2, 0) is 0 Å². The van der Waals surface area contributed by atoms with Gasteiger partial charge in [0.25, 0.3) is 0 Å². The van der Waals surface area contributed by atoms with Crippen LogP contribution >= 0.6 is 0 Å². The van der Waals surface area contributed by atoms with Gasteiger partial charge in [-0.1, -0.05) is 38.3 Å². The quantitative estimate of drug-likeness (QED) is 0.383. The third-order valence-corrected chi connectivity index (χ3v) is 3.89. The van der Waals surface area contributed by atoms with Crippen LogP contribution in [0.3, 0.4) is 0 Å². The number of Topliss-reactive ketones (excluding diaryl/α,β-unsaturated/α-hetero) is 1. The van der Waals surface area contributed by atoms with E-state index in [1.807, 2.05) is 12.1 Å². The van der Waals surface area contributed by atoms with Gasteiger partial charge in [-0.15, -0.1) is 0 Å². The molecule has 0 spiro atoms. The van der Waals surface area contributed by atoms with E-state index in [1.54, 1.807) is 36.5 Å². The van der Waals surface area contributed by atoms with Gasteiger partial charge in [-0.25, -0.2) is 0 Å². The maximum absolute atomic E-state index is 11.6. The Morgan fingerprint density at radius 2 is 1.96 bits per heavy atom. The van der Waals surface area contributed by atoms with E-state index < -0.39 is 0 Å². The molecule has 1 N–H and O–H groups in total. The molecule has 0 saturated heterocycles. The van der Waals surface area contributed by atoms with Crippen molar-refractivity contribution in [1.29, 1.82) is 0 Å². The van der Waals surface area contributed by atoms with E-state index >= 15 is 0 Å². The normalized spacial score (nSPS) is 11.0. The van der Waals surface area contributed by atoms with Crippen LogP contribution in [0.4, 0.5) is 5.69 Å². The van der Waals surface area contributed by atoms with Crippen LogP contribution in [-0.4, -0.2) is 23.7 Å². The summed E-state index contributed by atoms with van der Waals surface area (Å²) >= 11 is 0. The zero-order valence-electron chi connectivity index (χ0n) is 14.9. The zero-order chi connectivity index (χ0) is 18.1. The van der Waals surface area contributed by atoms with Crippen LogP contribution in [0, 0.1) is 0 Å². The van der Waals surface area contributed by atoms with Gasteiger partial charge in [0.15, 0.2) is 5.78 Å². The fraction of sp³-hybridized carbons (Fsp3) is 0.333. The molecule has 0 amide bonds. The highest BCUT2D eigenvalue weighted by Gasteiger charge is 2.06. The number of ether oxygens (including phenoxy) is 1. The standard InChI is InChI=1S/C21H25NO3/c1-3-4-5-8-13-25-18-12-11-17(21(24)14-18)15-22-20-10-7-6-9-19(20)16(2)23/h6-7,9-12,14-15,24H,3-5,8,13H2,1-2H3. The first kappa shape index (κ1) is 18.7. The lowest BCUT2D eigenvalue weighted by Crippen LogP contribution is -1.97. The fourth-order valence-electron chi connectivity index (χ4n) is 2.46. The van der Waals surface area contributed by atoms with Crippen LogP contribution in [0.5, 0.6) is 11.5 Å². The summed E-state index contributed by atoms with van der Waals surface area (Å²) in [7, 11) is 0. The number of unbranched alkanes of at least 4 members (excludes halogenated alkanes) is 3. The first-order valence-corrected chi connectivity index (χ1v) is 8.71. The number of aromatic hydroxyl groups is 1. The van der Waals surface area contributed by atoms with Crippen molar-refractivity contribution in [2.75, 3.05) is 6.61 Å². The second-order valence-electron chi connectivity index (χ2n) is 5.96. The monoisotopic (exact) mass is 339 g/mol. The Labute approximate surface area is 149 Å². The molecule has 0 aliphatic heterocycles. The van der Waals surface area contributed by atoms with E-state index in [0.29, 0.717) is 29.2 Å². The number of benzene rings is 2. The topological polar surface area (TPSA) is 58.9 Å². The molecule has 4 nitrogen and oxygen atoms in total. The van der Waals surface area contributed by atoms with Gasteiger partial charge in [0.2, 0.25) is 0 Å². The summed E-state index contributed by atoms with van der Waals surface area (Å²) in [5.74, 6) is 0.717. The molecular formula is C21H25NO3. The molecule has 4 heteroatoms. The Bertz CT molecular complexity index is 738. The molecule has 2 aromatic rings. The van der Waals surface area contributed by atoms with Gasteiger partial charge in [0.05, 0.1) is 12.3 Å². The van der Waals surface area contributed by atoms with Gasteiger partial charge < -0.3 is 9.84 Å². The van der Waals surface area contributed by atoms with Crippen LogP contribution in [0.25, 0.3) is 0 Å². The molecule has 0 aliphatic carbocycles. The first-order chi connectivity index (χ1) is 12.1. The molecule has 0 heterocycles. The molecule has 25 heavy (non-hydrogen) atoms. The maximum atomic E-state index is 11.6. The van der Waals surface area contributed by atoms with Crippen LogP contribution in [0.1, 0.15) is 55.5 Å². The minimum atomic E-state index is -0.0382. The summed E-state index contributed by atoms with van der Waals surface area (Å²) in [5, 5.41) is 10.2. The van der Waals surface area contributed by atoms with E-state index in [2.05, 4.69) is 11.9 Å². The maximum Gasteiger partial charge on any atom is 0.161 e. The molecular weight excluding hydrogens is 314 g/mol. The molecule has 2 rings (SSSR count). The van der Waals surface area contributed by atoms with Crippen molar-refractivity contribution < 1.29 is 14.6 Å². The molecule has 0 saturated carbocycles. The fourth-order valence-corrected chi connectivity index (χ4v) is 2.46. The minimum absolute atomic E-state index is 0.0382. The van der Waals surface area contributed by atoms with Gasteiger partial charge in [-0.3, -0.25) is 9.79 Å². The molecule has 0 aromatic heterocycles. The Morgan fingerprint density at radius 1 is 1.16 bits per heavy atom. The van der Waals surface area contributed by atoms with Crippen molar-refractivity contribution in [2.24, 2.45) is 4.99 Å². The lowest BCUT2D eigenvalue weighted by Gasteiger charge is -2.07. The average molecular weight is 339 g/mol. The van der Waals surface area contributed by atoms with E-state index in [0.717, 1.165) is 12.8 Å². The number of carbonyl (C=O) groups is 1. The number of hydrogen-bond donors (Lipinski definition) is 1. The largest absolute Gasteiger partial charge is 0.507 e. The number of ketones is 1. The SMILES string of the molecule is CCCCCCOc1ccc(C=Nc2ccccc2C(C)=O)c(O)c1. The third kappa shape index (κ3) is 5.75. The predicted octanol–water partition coefficient (Wildman–Crippen LogP) is 5.30. The van der Waals surface area contributed by atoms with E-state index in [4.69, 9.17) is 4.74 Å². The van der Waals surface area contributed by atoms with Crippen molar-refractivity contribution >= 4 is 17.7 Å². The van der Waals surface area contributed by atoms with Gasteiger partial charge in [-0.2, -0.15) is 0 Å². The second-order valence-corrected chi connectivity index (χ2v) is 5.96. The summed E-state index contributed by atoms with van der Waals surface area (Å²) in [4.78, 5) is 16.0. The highest BCUT2D eigenvalue weighted by molar-refractivity contribution is 6.00. The summed E-state index contributed by atoms with van der Waals surface area (Å²) < 4.78 is 5.65. The number of phenols is 1. The van der Waals surface area contributed by atoms with Crippen LogP contribution in [0.2, 0.25) is 0 Å². The van der Waals surface area contributed by atoms with Crippen LogP contribution < -0.4 is 4.74 Å². The molecule has 132 valence electrons. The number of aliphatic imine (C=N–C) groups is 1. The molecule has 0 radical (unpaired) electrons. The highest BCUT2D eigenvalue weighted by Crippen LogP contribution is 2.24. The summed E-state index contributed by atoms with van der Waals surface area (Å²) in [6.07, 6.45) is 6.14. The number of para-hydroxylation sites is 1. The van der Waals surface area contributed by atoms with Gasteiger partial charge in [-0.05, 0) is 37.6 Å². The van der Waals surface area contributed by atoms with Crippen LogP contribution in [0.15, 0.2) is 47.5 Å². The van der Waals surface area contributed by atoms with Gasteiger partial charge in [0.1, 0.15) is 11.5 Å². The Kier molecular flexibility index (Phi) is 7.20. The molecule has 0 atom stereocenters. The molecule has 0 bridgehead atoms. The Balaban J connectivity index is 2.02.